The third kappa shape index (κ3) is 2.69. The molecule has 101 valence electrons. The molecule has 0 spiro atoms. The van der Waals surface area contributed by atoms with Crippen LogP contribution in [0.4, 0.5) is 0 Å². The molecule has 20 heavy (non-hydrogen) atoms. The van der Waals surface area contributed by atoms with Gasteiger partial charge in [-0.15, -0.1) is 0 Å². The van der Waals surface area contributed by atoms with Gasteiger partial charge >= 0.3 is 0 Å². The van der Waals surface area contributed by atoms with Crippen molar-refractivity contribution in [1.82, 2.24) is 0 Å². The van der Waals surface area contributed by atoms with E-state index < -0.39 is 0 Å². The number of fused-ring (bicyclic) bond motifs is 1. The molecule has 3 rings (SSSR count). The fraction of sp³-hybridized carbons (Fsp3) is 0.444. The molecule has 2 atom stereocenters. The first-order chi connectivity index (χ1) is 9.33. The van der Waals surface area contributed by atoms with Crippen LogP contribution in [-0.4, -0.2) is 35.2 Å². The third-order valence-electron chi connectivity index (χ3n) is 4.34. The molecule has 1 fully saturated rings. The second kappa shape index (κ2) is 6.62. The normalized spacial score (nSPS) is 29.6. The minimum absolute atomic E-state index is 0. The predicted octanol–water partition coefficient (Wildman–Crippen LogP) is 4.37. The quantitative estimate of drug-likeness (QED) is 0.427. The van der Waals surface area contributed by atoms with Crippen LogP contribution in [0.15, 0.2) is 54.6 Å². The fourth-order valence-corrected chi connectivity index (χ4v) is 3.22. The average Bonchev–Trinajstić information content (AvgIpc) is 3.15. The van der Waals surface area contributed by atoms with E-state index in [-0.39, 0.29) is 40.8 Å². The van der Waals surface area contributed by atoms with Gasteiger partial charge in [-0.25, -0.2) is 0 Å². The van der Waals surface area contributed by atoms with Crippen LogP contribution in [0, 0.1) is 0 Å². The summed E-state index contributed by atoms with van der Waals surface area (Å²) in [6.07, 6.45) is 15.0. The minimum Gasteiger partial charge on any atom is -0.348 e. The third-order valence-corrected chi connectivity index (χ3v) is 4.34. The summed E-state index contributed by atoms with van der Waals surface area (Å²) in [6, 6.07) is 10.6. The molecule has 0 aromatic heterocycles. The zero-order valence-corrected chi connectivity index (χ0v) is 14.6. The molecule has 0 saturated carbocycles. The summed E-state index contributed by atoms with van der Waals surface area (Å²) in [5.41, 5.74) is 1.03. The SMILES string of the molecule is CCCCCCC12C=CC=CC1(c1ccccc1)O2.[Na]. The Balaban J connectivity index is 0.00000147. The molecule has 1 saturated heterocycles. The van der Waals surface area contributed by atoms with Crippen molar-refractivity contribution < 1.29 is 4.74 Å². The molecule has 1 aliphatic heterocycles. The number of hydrogen-bond donors (Lipinski definition) is 0. The Morgan fingerprint density at radius 3 is 2.45 bits per heavy atom. The van der Waals surface area contributed by atoms with E-state index in [1.54, 1.807) is 0 Å². The molecule has 0 N–H and O–H groups in total. The molecule has 1 nitrogen and oxygen atoms in total. The predicted molar refractivity (Wildman–Crippen MR) is 84.7 cm³/mol. The Bertz CT molecular complexity index is 493. The van der Waals surface area contributed by atoms with E-state index in [9.17, 15) is 0 Å². The Kier molecular flexibility index (Phi) is 5.30. The van der Waals surface area contributed by atoms with Gasteiger partial charge in [0.15, 0.2) is 0 Å². The number of benzene rings is 1. The first kappa shape index (κ1) is 16.0. The van der Waals surface area contributed by atoms with Gasteiger partial charge in [-0.1, -0.05) is 75.1 Å². The maximum absolute atomic E-state index is 6.25. The first-order valence-electron chi connectivity index (χ1n) is 7.46. The van der Waals surface area contributed by atoms with Gasteiger partial charge < -0.3 is 4.74 Å². The number of unbranched alkanes of at least 4 members (excludes halogenated alkanes) is 3. The van der Waals surface area contributed by atoms with Gasteiger partial charge in [-0.2, -0.15) is 0 Å². The molecular weight excluding hydrogens is 255 g/mol. The monoisotopic (exact) mass is 277 g/mol. The van der Waals surface area contributed by atoms with Crippen LogP contribution in [0.25, 0.3) is 0 Å². The van der Waals surface area contributed by atoms with Gasteiger partial charge in [-0.3, -0.25) is 0 Å². The Morgan fingerprint density at radius 2 is 1.70 bits per heavy atom. The molecule has 1 heterocycles. The molecule has 1 radical (unpaired) electrons. The van der Waals surface area contributed by atoms with Crippen LogP contribution >= 0.6 is 0 Å². The number of ether oxygens (including phenoxy) is 1. The van der Waals surface area contributed by atoms with Gasteiger partial charge in [0, 0.05) is 29.6 Å². The molecule has 2 unspecified atom stereocenters. The minimum atomic E-state index is -0.185. The summed E-state index contributed by atoms with van der Waals surface area (Å²) in [4.78, 5) is 0. The zero-order chi connectivity index (χ0) is 13.2. The van der Waals surface area contributed by atoms with Crippen molar-refractivity contribution in [3.8, 4) is 0 Å². The smallest absolute Gasteiger partial charge is 0.145 e. The number of hydrogen-bond acceptors (Lipinski definition) is 1. The van der Waals surface area contributed by atoms with E-state index in [1.807, 2.05) is 0 Å². The van der Waals surface area contributed by atoms with Crippen molar-refractivity contribution in [3.05, 3.63) is 60.2 Å². The van der Waals surface area contributed by atoms with E-state index in [2.05, 4.69) is 61.6 Å². The van der Waals surface area contributed by atoms with Crippen molar-refractivity contribution in [2.45, 2.75) is 50.2 Å². The van der Waals surface area contributed by atoms with Gasteiger partial charge in [0.05, 0.1) is 0 Å². The molecule has 1 aromatic rings. The Labute approximate surface area is 144 Å². The van der Waals surface area contributed by atoms with Crippen molar-refractivity contribution in [1.29, 1.82) is 0 Å². The maximum Gasteiger partial charge on any atom is 0.145 e. The topological polar surface area (TPSA) is 12.5 Å². The average molecular weight is 277 g/mol. The van der Waals surface area contributed by atoms with Crippen LogP contribution < -0.4 is 0 Å². The summed E-state index contributed by atoms with van der Waals surface area (Å²) in [6.45, 7) is 2.25. The molecule has 2 heteroatoms. The van der Waals surface area contributed by atoms with Gasteiger partial charge in [-0.05, 0) is 24.1 Å². The van der Waals surface area contributed by atoms with Gasteiger partial charge in [0.1, 0.15) is 11.2 Å². The molecule has 1 aromatic carbocycles. The number of allylic oxidation sites excluding steroid dienone is 2. The molecule has 2 aliphatic rings. The van der Waals surface area contributed by atoms with E-state index >= 15 is 0 Å². The summed E-state index contributed by atoms with van der Waals surface area (Å²) in [5, 5.41) is 0. The van der Waals surface area contributed by atoms with Crippen LogP contribution in [0.2, 0.25) is 0 Å². The molecule has 0 bridgehead atoms. The van der Waals surface area contributed by atoms with Crippen LogP contribution in [0.3, 0.4) is 0 Å². The molecular formula is C18H22NaO. The first-order valence-corrected chi connectivity index (χ1v) is 7.46. The fourth-order valence-electron chi connectivity index (χ4n) is 3.22. The standard InChI is InChI=1S/C18H22O.Na/c1-2-3-4-8-13-17-14-9-10-15-18(17,19-17)16-11-6-5-7-12-16;/h5-7,9-12,14-15H,2-4,8,13H2,1H3;. The molecule has 1 aliphatic carbocycles. The molecule has 0 amide bonds. The van der Waals surface area contributed by atoms with E-state index in [4.69, 9.17) is 4.74 Å². The summed E-state index contributed by atoms with van der Waals surface area (Å²) < 4.78 is 6.25. The van der Waals surface area contributed by atoms with Crippen molar-refractivity contribution >= 4 is 29.6 Å². The van der Waals surface area contributed by atoms with Gasteiger partial charge in [0.25, 0.3) is 0 Å². The van der Waals surface area contributed by atoms with Crippen LogP contribution in [0.5, 0.6) is 0 Å². The second-order valence-corrected chi connectivity index (χ2v) is 5.62. The van der Waals surface area contributed by atoms with E-state index in [0.29, 0.717) is 0 Å². The van der Waals surface area contributed by atoms with Crippen molar-refractivity contribution in [3.63, 3.8) is 0 Å². The Hall–Kier alpha value is -0.340. The van der Waals surface area contributed by atoms with Crippen LogP contribution in [0.1, 0.15) is 44.6 Å². The largest absolute Gasteiger partial charge is 0.348 e. The maximum atomic E-state index is 6.25. The van der Waals surface area contributed by atoms with Gasteiger partial charge in [0.2, 0.25) is 0 Å². The van der Waals surface area contributed by atoms with Crippen LogP contribution in [-0.2, 0) is 10.3 Å². The Morgan fingerprint density at radius 1 is 0.950 bits per heavy atom. The second-order valence-electron chi connectivity index (χ2n) is 5.62. The van der Waals surface area contributed by atoms with Crippen molar-refractivity contribution in [2.24, 2.45) is 0 Å². The number of epoxide rings is 1. The summed E-state index contributed by atoms with van der Waals surface area (Å²) in [7, 11) is 0. The summed E-state index contributed by atoms with van der Waals surface area (Å²) in [5.74, 6) is 0. The van der Waals surface area contributed by atoms with E-state index in [1.165, 1.54) is 31.2 Å². The van der Waals surface area contributed by atoms with E-state index in [0.717, 1.165) is 6.42 Å². The summed E-state index contributed by atoms with van der Waals surface area (Å²) >= 11 is 0. The number of rotatable bonds is 6. The zero-order valence-electron chi connectivity index (χ0n) is 12.6. The van der Waals surface area contributed by atoms with Crippen molar-refractivity contribution in [2.75, 3.05) is 0 Å².